The van der Waals surface area contributed by atoms with Crippen molar-refractivity contribution in [2.45, 2.75) is 33.6 Å². The van der Waals surface area contributed by atoms with E-state index in [4.69, 9.17) is 11.6 Å². The molecule has 0 atom stereocenters. The number of aromatic nitrogens is 3. The Labute approximate surface area is 117 Å². The molecule has 0 radical (unpaired) electrons. The summed E-state index contributed by atoms with van der Waals surface area (Å²) in [6, 6.07) is 5.66. The molecule has 2 rings (SSSR count). The van der Waals surface area contributed by atoms with Gasteiger partial charge in [0, 0.05) is 6.42 Å². The van der Waals surface area contributed by atoms with Gasteiger partial charge in [0.2, 0.25) is 0 Å². The van der Waals surface area contributed by atoms with Gasteiger partial charge in [0.1, 0.15) is 0 Å². The topological polar surface area (TPSA) is 47.8 Å². The zero-order valence-corrected chi connectivity index (χ0v) is 12.0. The maximum atomic E-state index is 11.9. The van der Waals surface area contributed by atoms with Gasteiger partial charge in [-0.1, -0.05) is 42.8 Å². The van der Waals surface area contributed by atoms with Crippen molar-refractivity contribution >= 4 is 17.4 Å². The highest BCUT2D eigenvalue weighted by Gasteiger charge is 2.19. The second-order valence-electron chi connectivity index (χ2n) is 4.33. The second-order valence-corrected chi connectivity index (χ2v) is 4.74. The van der Waals surface area contributed by atoms with Crippen LogP contribution in [0.1, 0.15) is 42.0 Å². The zero-order chi connectivity index (χ0) is 14.0. The van der Waals surface area contributed by atoms with Gasteiger partial charge in [-0.25, -0.2) is 4.68 Å². The van der Waals surface area contributed by atoms with Gasteiger partial charge < -0.3 is 0 Å². The number of rotatable bonds is 4. The van der Waals surface area contributed by atoms with Gasteiger partial charge in [-0.3, -0.25) is 4.79 Å². The van der Waals surface area contributed by atoms with Crippen molar-refractivity contribution in [1.82, 2.24) is 15.0 Å². The molecule has 0 aliphatic rings. The number of hydrogen-bond donors (Lipinski definition) is 0. The molecule has 0 N–H and O–H groups in total. The Bertz CT molecular complexity index is 599. The first-order valence-corrected chi connectivity index (χ1v) is 6.71. The van der Waals surface area contributed by atoms with Crippen molar-refractivity contribution in [2.24, 2.45) is 0 Å². The van der Waals surface area contributed by atoms with Gasteiger partial charge in [-0.05, 0) is 25.0 Å². The summed E-state index contributed by atoms with van der Waals surface area (Å²) in [5.74, 6) is 0.00723. The molecular formula is C14H16ClN3O. The molecule has 0 amide bonds. The van der Waals surface area contributed by atoms with Crippen molar-refractivity contribution < 1.29 is 4.79 Å². The van der Waals surface area contributed by atoms with Crippen molar-refractivity contribution in [3.05, 3.63) is 40.2 Å². The third-order valence-electron chi connectivity index (χ3n) is 3.08. The fraction of sp³-hybridized carbons (Fsp3) is 0.357. The van der Waals surface area contributed by atoms with E-state index in [9.17, 15) is 4.79 Å². The summed E-state index contributed by atoms with van der Waals surface area (Å²) in [4.78, 5) is 11.9. The fourth-order valence-corrected chi connectivity index (χ4v) is 2.38. The number of Topliss-reactive ketones (excluding diaryl/α,β-unsaturated/α-hetero) is 1. The molecule has 100 valence electrons. The Hall–Kier alpha value is -1.68. The summed E-state index contributed by atoms with van der Waals surface area (Å²) in [5, 5.41) is 8.74. The number of aryl methyl sites for hydroxylation is 1. The first-order chi connectivity index (χ1) is 9.10. The smallest absolute Gasteiger partial charge is 0.184 e. The normalized spacial score (nSPS) is 10.7. The number of nitrogens with zero attached hydrogens (tertiary/aromatic N) is 3. The summed E-state index contributed by atoms with van der Waals surface area (Å²) in [6.07, 6.45) is 1.10. The van der Waals surface area contributed by atoms with Crippen LogP contribution < -0.4 is 0 Å². The highest BCUT2D eigenvalue weighted by atomic mass is 35.5. The fourth-order valence-electron chi connectivity index (χ4n) is 2.07. The van der Waals surface area contributed by atoms with E-state index in [2.05, 4.69) is 10.3 Å². The van der Waals surface area contributed by atoms with Crippen LogP contribution in [-0.4, -0.2) is 20.8 Å². The third-order valence-corrected chi connectivity index (χ3v) is 3.39. The molecular weight excluding hydrogens is 262 g/mol. The van der Waals surface area contributed by atoms with Crippen molar-refractivity contribution in [1.29, 1.82) is 0 Å². The van der Waals surface area contributed by atoms with Crippen LogP contribution in [0, 0.1) is 6.92 Å². The van der Waals surface area contributed by atoms with E-state index in [-0.39, 0.29) is 5.78 Å². The van der Waals surface area contributed by atoms with Gasteiger partial charge in [-0.2, -0.15) is 0 Å². The molecule has 0 unspecified atom stereocenters. The maximum absolute atomic E-state index is 11.9. The summed E-state index contributed by atoms with van der Waals surface area (Å²) in [6.45, 7) is 5.76. The molecule has 0 saturated heterocycles. The van der Waals surface area contributed by atoms with E-state index in [1.165, 1.54) is 0 Å². The highest BCUT2D eigenvalue weighted by molar-refractivity contribution is 6.32. The van der Waals surface area contributed by atoms with Crippen LogP contribution in [0.15, 0.2) is 18.2 Å². The second kappa shape index (κ2) is 5.53. The quantitative estimate of drug-likeness (QED) is 0.805. The molecule has 5 heteroatoms. The maximum Gasteiger partial charge on any atom is 0.184 e. The molecule has 1 aromatic heterocycles. The standard InChI is InChI=1S/C14H16ClN3O/c1-4-11-13(12(19)5-2)16-17-18(11)14-9(3)7-6-8-10(14)15/h6-8H,4-5H2,1-3H3. The van der Waals surface area contributed by atoms with E-state index in [1.807, 2.05) is 39.0 Å². The van der Waals surface area contributed by atoms with Crippen LogP contribution in [0.25, 0.3) is 5.69 Å². The predicted octanol–water partition coefficient (Wildman–Crippen LogP) is 3.38. The first kappa shape index (κ1) is 13.7. The van der Waals surface area contributed by atoms with Crippen LogP contribution in [-0.2, 0) is 6.42 Å². The summed E-state index contributed by atoms with van der Waals surface area (Å²) >= 11 is 6.24. The average molecular weight is 278 g/mol. The van der Waals surface area contributed by atoms with Gasteiger partial charge in [-0.15, -0.1) is 5.10 Å². The summed E-state index contributed by atoms with van der Waals surface area (Å²) in [5.41, 5.74) is 3.05. The van der Waals surface area contributed by atoms with Crippen molar-refractivity contribution in [3.8, 4) is 5.69 Å². The number of carbonyl (C=O) groups is 1. The van der Waals surface area contributed by atoms with E-state index in [1.54, 1.807) is 4.68 Å². The lowest BCUT2D eigenvalue weighted by Gasteiger charge is -2.10. The SMILES string of the molecule is CCC(=O)c1nnn(-c2c(C)cccc2Cl)c1CC. The van der Waals surface area contributed by atoms with Gasteiger partial charge >= 0.3 is 0 Å². The molecule has 0 fully saturated rings. The Morgan fingerprint density at radius 3 is 2.68 bits per heavy atom. The highest BCUT2D eigenvalue weighted by Crippen LogP contribution is 2.25. The van der Waals surface area contributed by atoms with Gasteiger partial charge in [0.25, 0.3) is 0 Å². The van der Waals surface area contributed by atoms with Crippen molar-refractivity contribution in [3.63, 3.8) is 0 Å². The lowest BCUT2D eigenvalue weighted by molar-refractivity contribution is 0.0982. The van der Waals surface area contributed by atoms with Crippen LogP contribution in [0.5, 0.6) is 0 Å². The average Bonchev–Trinajstić information content (AvgIpc) is 2.81. The minimum absolute atomic E-state index is 0.00723. The Morgan fingerprint density at radius 2 is 2.11 bits per heavy atom. The monoisotopic (exact) mass is 277 g/mol. The molecule has 2 aromatic rings. The number of para-hydroxylation sites is 1. The van der Waals surface area contributed by atoms with Crippen LogP contribution in [0.2, 0.25) is 5.02 Å². The molecule has 1 heterocycles. The molecule has 0 aliphatic heterocycles. The van der Waals surface area contributed by atoms with Crippen molar-refractivity contribution in [2.75, 3.05) is 0 Å². The van der Waals surface area contributed by atoms with E-state index in [0.717, 1.165) is 16.9 Å². The number of ketones is 1. The lowest BCUT2D eigenvalue weighted by atomic mass is 10.1. The molecule has 0 saturated carbocycles. The molecule has 4 nitrogen and oxygen atoms in total. The van der Waals surface area contributed by atoms with Gasteiger partial charge in [0.15, 0.2) is 11.5 Å². The van der Waals surface area contributed by atoms with Crippen LogP contribution >= 0.6 is 11.6 Å². The molecule has 0 spiro atoms. The lowest BCUT2D eigenvalue weighted by Crippen LogP contribution is -2.07. The largest absolute Gasteiger partial charge is 0.292 e. The summed E-state index contributed by atoms with van der Waals surface area (Å²) in [7, 11) is 0. The Kier molecular flexibility index (Phi) is 4.00. The van der Waals surface area contributed by atoms with E-state index >= 15 is 0 Å². The van der Waals surface area contributed by atoms with Crippen LogP contribution in [0.3, 0.4) is 0 Å². The minimum atomic E-state index is 0.00723. The van der Waals surface area contributed by atoms with E-state index < -0.39 is 0 Å². The molecule has 0 bridgehead atoms. The van der Waals surface area contributed by atoms with E-state index in [0.29, 0.717) is 23.6 Å². The number of benzene rings is 1. The molecule has 19 heavy (non-hydrogen) atoms. The predicted molar refractivity (Wildman–Crippen MR) is 75.1 cm³/mol. The number of carbonyl (C=O) groups excluding carboxylic acids is 1. The minimum Gasteiger partial charge on any atom is -0.292 e. The Morgan fingerprint density at radius 1 is 1.37 bits per heavy atom. The van der Waals surface area contributed by atoms with Gasteiger partial charge in [0.05, 0.1) is 16.4 Å². The van der Waals surface area contributed by atoms with Crippen LogP contribution in [0.4, 0.5) is 0 Å². The zero-order valence-electron chi connectivity index (χ0n) is 11.3. The number of halogens is 1. The molecule has 0 aliphatic carbocycles. The third kappa shape index (κ3) is 2.40. The Balaban J connectivity index is 2.64. The first-order valence-electron chi connectivity index (χ1n) is 6.33. The molecule has 1 aromatic carbocycles. The number of hydrogen-bond acceptors (Lipinski definition) is 3. The summed E-state index contributed by atoms with van der Waals surface area (Å²) < 4.78 is 1.68.